The van der Waals surface area contributed by atoms with Gasteiger partial charge in [-0.05, 0) is 61.6 Å². The van der Waals surface area contributed by atoms with Gasteiger partial charge in [-0.25, -0.2) is 4.98 Å². The molecule has 0 unspecified atom stereocenters. The first-order valence-corrected chi connectivity index (χ1v) is 12.5. The predicted octanol–water partition coefficient (Wildman–Crippen LogP) is 4.91. The highest BCUT2D eigenvalue weighted by Gasteiger charge is 2.22. The Bertz CT molecular complexity index is 1220. The Morgan fingerprint density at radius 3 is 2.85 bits per heavy atom. The number of hydrogen-bond donors (Lipinski definition) is 2. The molecule has 5 rings (SSSR count). The maximum Gasteiger partial charge on any atom is 0.227 e. The van der Waals surface area contributed by atoms with Crippen molar-refractivity contribution >= 4 is 34.6 Å². The van der Waals surface area contributed by atoms with E-state index in [0.717, 1.165) is 72.5 Å². The predicted molar refractivity (Wildman–Crippen MR) is 136 cm³/mol. The maximum atomic E-state index is 12.1. The number of aliphatic imine (C=N–C) groups is 1. The van der Waals surface area contributed by atoms with Crippen LogP contribution in [0.3, 0.4) is 0 Å². The van der Waals surface area contributed by atoms with E-state index in [1.165, 1.54) is 16.7 Å². The molecule has 170 valence electrons. The molecule has 33 heavy (non-hydrogen) atoms. The number of rotatable bonds is 5. The molecule has 3 aromatic rings. The zero-order valence-corrected chi connectivity index (χ0v) is 20.0. The van der Waals surface area contributed by atoms with Crippen LogP contribution < -0.4 is 15.5 Å². The minimum absolute atomic E-state index is 0.209. The number of carbonyl (C=O) groups is 1. The Balaban J connectivity index is 1.32. The number of aryl methyl sites for hydroxylation is 2. The highest BCUT2D eigenvalue weighted by molar-refractivity contribution is 7.10. The minimum Gasteiger partial charge on any atom is -0.356 e. The van der Waals surface area contributed by atoms with Crippen LogP contribution in [0.15, 0.2) is 46.8 Å². The Hall–Kier alpha value is -3.19. The molecule has 6 nitrogen and oxygen atoms in total. The van der Waals surface area contributed by atoms with E-state index in [2.05, 4.69) is 59.1 Å². The molecule has 0 radical (unpaired) electrons. The van der Waals surface area contributed by atoms with Crippen molar-refractivity contribution in [2.75, 3.05) is 29.9 Å². The quantitative estimate of drug-likeness (QED) is 0.569. The summed E-state index contributed by atoms with van der Waals surface area (Å²) in [4.78, 5) is 23.4. The second-order valence-corrected chi connectivity index (χ2v) is 9.67. The number of hydrogen-bond acceptors (Lipinski definition) is 6. The second-order valence-electron chi connectivity index (χ2n) is 8.73. The summed E-state index contributed by atoms with van der Waals surface area (Å²) < 4.78 is 0. The molecular formula is C26H29N5OS. The average molecular weight is 460 g/mol. The molecule has 3 heterocycles. The highest BCUT2D eigenvalue weighted by atomic mass is 32.1. The third-order valence-corrected chi connectivity index (χ3v) is 7.10. The fourth-order valence-corrected chi connectivity index (χ4v) is 5.21. The Morgan fingerprint density at radius 2 is 2.06 bits per heavy atom. The third-order valence-electron chi connectivity index (χ3n) is 6.25. The summed E-state index contributed by atoms with van der Waals surface area (Å²) in [5, 5.41) is 9.96. The van der Waals surface area contributed by atoms with Crippen molar-refractivity contribution in [1.82, 2.24) is 10.3 Å². The van der Waals surface area contributed by atoms with E-state index in [1.807, 2.05) is 17.0 Å². The van der Waals surface area contributed by atoms with Gasteiger partial charge in [0.2, 0.25) is 5.91 Å². The SMILES string of the molecule is Cc1cc(NC2=NCCCN2)c(C)cc1Cc1nc(-c2cccc(N3CCCC3=O)c2)cs1. The van der Waals surface area contributed by atoms with E-state index in [-0.39, 0.29) is 5.91 Å². The first-order valence-electron chi connectivity index (χ1n) is 11.6. The fourth-order valence-electron chi connectivity index (χ4n) is 4.39. The first-order chi connectivity index (χ1) is 16.1. The Kier molecular flexibility index (Phi) is 6.13. The summed E-state index contributed by atoms with van der Waals surface area (Å²) in [5.41, 5.74) is 7.82. The molecule has 1 amide bonds. The van der Waals surface area contributed by atoms with Gasteiger partial charge < -0.3 is 15.5 Å². The van der Waals surface area contributed by atoms with Crippen molar-refractivity contribution in [2.24, 2.45) is 4.99 Å². The number of aromatic nitrogens is 1. The molecule has 2 N–H and O–H groups in total. The third kappa shape index (κ3) is 4.78. The molecule has 0 saturated carbocycles. The van der Waals surface area contributed by atoms with E-state index in [4.69, 9.17) is 4.98 Å². The van der Waals surface area contributed by atoms with Crippen LogP contribution in [0.1, 0.15) is 41.0 Å². The molecule has 7 heteroatoms. The molecule has 1 saturated heterocycles. The molecule has 2 aliphatic heterocycles. The Morgan fingerprint density at radius 1 is 1.15 bits per heavy atom. The molecule has 0 aliphatic carbocycles. The van der Waals surface area contributed by atoms with Gasteiger partial charge in [0.1, 0.15) is 0 Å². The van der Waals surface area contributed by atoms with Crippen LogP contribution >= 0.6 is 11.3 Å². The number of anilines is 2. The average Bonchev–Trinajstić information content (AvgIpc) is 3.47. The van der Waals surface area contributed by atoms with Gasteiger partial charge in [-0.2, -0.15) is 0 Å². The number of amides is 1. The van der Waals surface area contributed by atoms with E-state index >= 15 is 0 Å². The summed E-state index contributed by atoms with van der Waals surface area (Å²) in [6.45, 7) is 6.92. The zero-order valence-electron chi connectivity index (χ0n) is 19.1. The number of carbonyl (C=O) groups excluding carboxylic acids is 1. The molecule has 2 aliphatic rings. The van der Waals surface area contributed by atoms with Gasteiger partial charge in [0.15, 0.2) is 5.96 Å². The zero-order chi connectivity index (χ0) is 22.8. The van der Waals surface area contributed by atoms with Crippen molar-refractivity contribution < 1.29 is 4.79 Å². The smallest absolute Gasteiger partial charge is 0.227 e. The van der Waals surface area contributed by atoms with Gasteiger partial charge >= 0.3 is 0 Å². The summed E-state index contributed by atoms with van der Waals surface area (Å²) in [7, 11) is 0. The lowest BCUT2D eigenvalue weighted by atomic mass is 10.0. The number of thiazole rings is 1. The van der Waals surface area contributed by atoms with Gasteiger partial charge in [-0.1, -0.05) is 18.2 Å². The fraction of sp³-hybridized carbons (Fsp3) is 0.346. The summed E-state index contributed by atoms with van der Waals surface area (Å²) in [5.74, 6) is 1.07. The lowest BCUT2D eigenvalue weighted by Crippen LogP contribution is -2.35. The van der Waals surface area contributed by atoms with Crippen molar-refractivity contribution in [1.29, 1.82) is 0 Å². The molecule has 1 fully saturated rings. The van der Waals surface area contributed by atoms with Gasteiger partial charge in [-0.3, -0.25) is 9.79 Å². The molecule has 2 aromatic carbocycles. The normalized spacial score (nSPS) is 16.0. The van der Waals surface area contributed by atoms with Gasteiger partial charge in [0.25, 0.3) is 0 Å². The van der Waals surface area contributed by atoms with Gasteiger partial charge in [0.05, 0.1) is 10.7 Å². The van der Waals surface area contributed by atoms with Gasteiger partial charge in [0, 0.05) is 54.8 Å². The first kappa shape index (κ1) is 21.6. The second kappa shape index (κ2) is 9.35. The van der Waals surface area contributed by atoms with Crippen molar-refractivity contribution in [2.45, 2.75) is 39.5 Å². The summed E-state index contributed by atoms with van der Waals surface area (Å²) >= 11 is 1.69. The maximum absolute atomic E-state index is 12.1. The van der Waals surface area contributed by atoms with Crippen molar-refractivity contribution in [3.05, 3.63) is 63.5 Å². The monoisotopic (exact) mass is 459 g/mol. The molecular weight excluding hydrogens is 430 g/mol. The van der Waals surface area contributed by atoms with Crippen LogP contribution in [-0.2, 0) is 11.2 Å². The number of nitrogens with one attached hydrogen (secondary N) is 2. The van der Waals surface area contributed by atoms with E-state index < -0.39 is 0 Å². The van der Waals surface area contributed by atoms with E-state index in [1.54, 1.807) is 11.3 Å². The lowest BCUT2D eigenvalue weighted by Gasteiger charge is -2.18. The molecule has 0 bridgehead atoms. The largest absolute Gasteiger partial charge is 0.356 e. The van der Waals surface area contributed by atoms with Crippen LogP contribution in [0.5, 0.6) is 0 Å². The number of guanidine groups is 1. The molecule has 0 spiro atoms. The van der Waals surface area contributed by atoms with Gasteiger partial charge in [-0.15, -0.1) is 11.3 Å². The number of nitrogens with zero attached hydrogens (tertiary/aromatic N) is 3. The van der Waals surface area contributed by atoms with Crippen LogP contribution in [0, 0.1) is 13.8 Å². The molecule has 1 aromatic heterocycles. The Labute approximate surface area is 198 Å². The van der Waals surface area contributed by atoms with E-state index in [9.17, 15) is 4.79 Å². The topological polar surface area (TPSA) is 69.6 Å². The van der Waals surface area contributed by atoms with Crippen LogP contribution in [0.25, 0.3) is 11.3 Å². The van der Waals surface area contributed by atoms with Crippen LogP contribution in [0.2, 0.25) is 0 Å². The summed E-state index contributed by atoms with van der Waals surface area (Å²) in [6.07, 6.45) is 3.46. The van der Waals surface area contributed by atoms with Crippen LogP contribution in [-0.4, -0.2) is 36.5 Å². The number of benzene rings is 2. The van der Waals surface area contributed by atoms with Crippen molar-refractivity contribution in [3.8, 4) is 11.3 Å². The standard InChI is InChI=1S/C26H29N5OS/c1-17-13-22(30-26-27-9-5-10-28-26)18(2)12-20(17)15-24-29-23(16-33-24)19-6-3-7-21(14-19)31-11-4-8-25(31)32/h3,6-7,12-14,16H,4-5,8-11,15H2,1-2H3,(H2,27,28,30). The summed E-state index contributed by atoms with van der Waals surface area (Å²) in [6, 6.07) is 12.6. The molecule has 0 atom stereocenters. The lowest BCUT2D eigenvalue weighted by molar-refractivity contribution is -0.117. The van der Waals surface area contributed by atoms with Crippen LogP contribution in [0.4, 0.5) is 11.4 Å². The van der Waals surface area contributed by atoms with Crippen molar-refractivity contribution in [3.63, 3.8) is 0 Å². The highest BCUT2D eigenvalue weighted by Crippen LogP contribution is 2.30. The van der Waals surface area contributed by atoms with E-state index in [0.29, 0.717) is 6.42 Å². The minimum atomic E-state index is 0.209.